The molecule has 1 aromatic heterocycles. The van der Waals surface area contributed by atoms with Gasteiger partial charge in [-0.05, 0) is 55.1 Å². The molecule has 1 aliphatic heterocycles. The summed E-state index contributed by atoms with van der Waals surface area (Å²) in [5.41, 5.74) is 1.54. The number of benzene rings is 1. The van der Waals surface area contributed by atoms with Crippen LogP contribution in [0.15, 0.2) is 64.8 Å². The number of amides is 2. The van der Waals surface area contributed by atoms with Crippen molar-refractivity contribution >= 4 is 40.9 Å². The number of furan rings is 1. The molecule has 6 heteroatoms. The lowest BCUT2D eigenvalue weighted by atomic mass is 10.1. The van der Waals surface area contributed by atoms with Crippen molar-refractivity contribution in [2.45, 2.75) is 6.92 Å². The summed E-state index contributed by atoms with van der Waals surface area (Å²) in [5.74, 6) is -0.345. The highest BCUT2D eigenvalue weighted by Gasteiger charge is 2.34. The summed E-state index contributed by atoms with van der Waals surface area (Å²) >= 11 is 5.17. The van der Waals surface area contributed by atoms with Crippen molar-refractivity contribution in [3.05, 3.63) is 71.7 Å². The van der Waals surface area contributed by atoms with Crippen molar-refractivity contribution in [1.29, 1.82) is 0 Å². The van der Waals surface area contributed by atoms with Gasteiger partial charge in [0.05, 0.1) is 12.0 Å². The lowest BCUT2D eigenvalue weighted by molar-refractivity contribution is -0.122. The van der Waals surface area contributed by atoms with Crippen LogP contribution in [0.1, 0.15) is 11.3 Å². The fraction of sp³-hybridized carbons (Fsp3) is 0.0556. The van der Waals surface area contributed by atoms with Crippen LogP contribution < -0.4 is 10.2 Å². The summed E-state index contributed by atoms with van der Waals surface area (Å²) in [6.45, 7) is 1.88. The quantitative estimate of drug-likeness (QED) is 0.531. The van der Waals surface area contributed by atoms with Gasteiger partial charge in [-0.1, -0.05) is 24.3 Å². The highest BCUT2D eigenvalue weighted by Crippen LogP contribution is 2.24. The Morgan fingerprint density at radius 3 is 2.67 bits per heavy atom. The molecule has 1 fully saturated rings. The van der Waals surface area contributed by atoms with E-state index in [4.69, 9.17) is 16.6 Å². The average Bonchev–Trinajstić information content (AvgIpc) is 3.05. The average molecular weight is 338 g/mol. The first-order valence-corrected chi connectivity index (χ1v) is 7.66. The highest BCUT2D eigenvalue weighted by atomic mass is 32.1. The molecule has 0 bridgehead atoms. The van der Waals surface area contributed by atoms with Crippen LogP contribution in [0.4, 0.5) is 5.69 Å². The molecule has 0 radical (unpaired) electrons. The van der Waals surface area contributed by atoms with E-state index < -0.39 is 11.8 Å². The molecule has 1 saturated heterocycles. The van der Waals surface area contributed by atoms with Gasteiger partial charge < -0.3 is 4.42 Å². The summed E-state index contributed by atoms with van der Waals surface area (Å²) in [6, 6.07) is 10.9. The van der Waals surface area contributed by atoms with Crippen molar-refractivity contribution in [2.24, 2.45) is 0 Å². The third kappa shape index (κ3) is 3.04. The van der Waals surface area contributed by atoms with Gasteiger partial charge in [0.1, 0.15) is 11.3 Å². The number of allylic oxidation sites excluding steroid dienone is 2. The van der Waals surface area contributed by atoms with Gasteiger partial charge in [-0.15, -0.1) is 0 Å². The van der Waals surface area contributed by atoms with Crippen molar-refractivity contribution in [1.82, 2.24) is 5.32 Å². The molecule has 2 aromatic rings. The van der Waals surface area contributed by atoms with Crippen LogP contribution in [0.5, 0.6) is 0 Å². The number of aryl methyl sites for hydroxylation is 1. The molecule has 5 nitrogen and oxygen atoms in total. The van der Waals surface area contributed by atoms with Crippen LogP contribution >= 0.6 is 12.2 Å². The van der Waals surface area contributed by atoms with E-state index >= 15 is 0 Å². The van der Waals surface area contributed by atoms with Crippen LogP contribution in [0.3, 0.4) is 0 Å². The standard InChI is InChI=1S/C18H14N2O3S/c1-12-6-2-3-10-15(12)20-17(22)14(16(21)19-18(20)24)9-4-7-13-8-5-11-23-13/h2-11H,1H3,(H,19,21,24). The molecule has 3 rings (SSSR count). The summed E-state index contributed by atoms with van der Waals surface area (Å²) < 4.78 is 5.17. The van der Waals surface area contributed by atoms with Gasteiger partial charge in [0.25, 0.3) is 11.8 Å². The molecule has 2 heterocycles. The SMILES string of the molecule is Cc1ccccc1N1C(=O)C(=CC=Cc2ccco2)C(=O)NC1=S. The van der Waals surface area contributed by atoms with Crippen molar-refractivity contribution in [2.75, 3.05) is 4.90 Å². The van der Waals surface area contributed by atoms with E-state index in [2.05, 4.69) is 5.32 Å². The number of carbonyl (C=O) groups excluding carboxylic acids is 2. The summed E-state index contributed by atoms with van der Waals surface area (Å²) in [6.07, 6.45) is 6.26. The lowest BCUT2D eigenvalue weighted by Crippen LogP contribution is -2.54. The number of nitrogens with one attached hydrogen (secondary N) is 1. The van der Waals surface area contributed by atoms with E-state index in [9.17, 15) is 9.59 Å². The second-order valence-electron chi connectivity index (χ2n) is 5.14. The number of para-hydroxylation sites is 1. The van der Waals surface area contributed by atoms with E-state index in [0.717, 1.165) is 5.56 Å². The number of thiocarbonyl (C=S) groups is 1. The second-order valence-corrected chi connectivity index (χ2v) is 5.53. The number of hydrogen-bond donors (Lipinski definition) is 1. The molecular weight excluding hydrogens is 324 g/mol. The van der Waals surface area contributed by atoms with Gasteiger partial charge in [-0.25, -0.2) is 0 Å². The van der Waals surface area contributed by atoms with Gasteiger partial charge >= 0.3 is 0 Å². The van der Waals surface area contributed by atoms with Gasteiger partial charge in [-0.2, -0.15) is 0 Å². The Kier molecular flexibility index (Phi) is 4.39. The van der Waals surface area contributed by atoms with Crippen LogP contribution in [-0.2, 0) is 9.59 Å². The first kappa shape index (κ1) is 15.9. The number of nitrogens with zero attached hydrogens (tertiary/aromatic N) is 1. The van der Waals surface area contributed by atoms with E-state index in [0.29, 0.717) is 11.4 Å². The Balaban J connectivity index is 1.93. The predicted octanol–water partition coefficient (Wildman–Crippen LogP) is 2.98. The zero-order valence-corrected chi connectivity index (χ0v) is 13.7. The van der Waals surface area contributed by atoms with Crippen LogP contribution in [-0.4, -0.2) is 16.9 Å². The van der Waals surface area contributed by atoms with E-state index in [1.54, 1.807) is 36.6 Å². The van der Waals surface area contributed by atoms with E-state index in [1.807, 2.05) is 25.1 Å². The molecule has 1 aromatic carbocycles. The smallest absolute Gasteiger partial charge is 0.270 e. The summed E-state index contributed by atoms with van der Waals surface area (Å²) in [7, 11) is 0. The maximum absolute atomic E-state index is 12.7. The molecule has 1 aliphatic rings. The van der Waals surface area contributed by atoms with Crippen LogP contribution in [0, 0.1) is 6.92 Å². The van der Waals surface area contributed by atoms with Gasteiger partial charge in [-0.3, -0.25) is 19.8 Å². The molecule has 0 spiro atoms. The molecule has 120 valence electrons. The van der Waals surface area contributed by atoms with E-state index in [-0.39, 0.29) is 10.7 Å². The van der Waals surface area contributed by atoms with Crippen LogP contribution in [0.25, 0.3) is 6.08 Å². The molecule has 0 aliphatic carbocycles. The fourth-order valence-corrected chi connectivity index (χ4v) is 2.61. The van der Waals surface area contributed by atoms with Crippen LogP contribution in [0.2, 0.25) is 0 Å². The topological polar surface area (TPSA) is 62.6 Å². The first-order valence-electron chi connectivity index (χ1n) is 7.25. The molecule has 1 N–H and O–H groups in total. The van der Waals surface area contributed by atoms with Crippen molar-refractivity contribution < 1.29 is 14.0 Å². The zero-order chi connectivity index (χ0) is 17.1. The predicted molar refractivity (Wildman–Crippen MR) is 95.2 cm³/mol. The van der Waals surface area contributed by atoms with Crippen molar-refractivity contribution in [3.63, 3.8) is 0 Å². The zero-order valence-electron chi connectivity index (χ0n) is 12.9. The summed E-state index contributed by atoms with van der Waals surface area (Å²) in [4.78, 5) is 26.2. The monoisotopic (exact) mass is 338 g/mol. The van der Waals surface area contributed by atoms with E-state index in [1.165, 1.54) is 11.0 Å². The molecular formula is C18H14N2O3S. The highest BCUT2D eigenvalue weighted by molar-refractivity contribution is 7.80. The Morgan fingerprint density at radius 1 is 1.17 bits per heavy atom. The second kappa shape index (κ2) is 6.64. The minimum atomic E-state index is -0.515. The minimum absolute atomic E-state index is 0.00894. The maximum atomic E-state index is 12.7. The molecule has 24 heavy (non-hydrogen) atoms. The fourth-order valence-electron chi connectivity index (χ4n) is 2.34. The molecule has 0 atom stereocenters. The lowest BCUT2D eigenvalue weighted by Gasteiger charge is -2.29. The Bertz CT molecular complexity index is 866. The largest absolute Gasteiger partial charge is 0.465 e. The number of rotatable bonds is 3. The summed E-state index contributed by atoms with van der Waals surface area (Å²) in [5, 5.41) is 2.63. The van der Waals surface area contributed by atoms with Gasteiger partial charge in [0.15, 0.2) is 5.11 Å². The Morgan fingerprint density at radius 2 is 1.96 bits per heavy atom. The first-order chi connectivity index (χ1) is 11.6. The third-order valence-electron chi connectivity index (χ3n) is 3.52. The Labute approximate surface area is 144 Å². The van der Waals surface area contributed by atoms with Gasteiger partial charge in [0, 0.05) is 0 Å². The van der Waals surface area contributed by atoms with Gasteiger partial charge in [0.2, 0.25) is 0 Å². The third-order valence-corrected chi connectivity index (χ3v) is 3.81. The Hall–Kier alpha value is -2.99. The molecule has 0 saturated carbocycles. The van der Waals surface area contributed by atoms with Crippen molar-refractivity contribution in [3.8, 4) is 0 Å². The number of anilines is 1. The number of hydrogen-bond acceptors (Lipinski definition) is 4. The minimum Gasteiger partial charge on any atom is -0.465 e. The molecule has 0 unspecified atom stereocenters. The maximum Gasteiger partial charge on any atom is 0.270 e. The molecule has 2 amide bonds. The number of carbonyl (C=O) groups is 2. The normalized spacial score (nSPS) is 17.0.